The van der Waals surface area contributed by atoms with Crippen LogP contribution in [0.4, 0.5) is 0 Å². The number of ether oxygens (including phenoxy) is 1. The van der Waals surface area contributed by atoms with E-state index >= 15 is 0 Å². The highest BCUT2D eigenvalue weighted by Crippen LogP contribution is 2.40. The summed E-state index contributed by atoms with van der Waals surface area (Å²) < 4.78 is 15.7. The number of hydrogen-bond acceptors (Lipinski definition) is 3. The lowest BCUT2D eigenvalue weighted by Crippen LogP contribution is -2.37. The first-order valence-corrected chi connectivity index (χ1v) is 15.1. The molecule has 3 aromatic carbocycles. The topological polar surface area (TPSA) is 52.1 Å². The third-order valence-corrected chi connectivity index (χ3v) is 9.10. The van der Waals surface area contributed by atoms with Gasteiger partial charge in [-0.2, -0.15) is 4.40 Å². The van der Waals surface area contributed by atoms with Crippen LogP contribution in [0, 0.1) is 13.8 Å². The van der Waals surface area contributed by atoms with E-state index in [1.807, 2.05) is 19.4 Å². The lowest BCUT2D eigenvalue weighted by Gasteiger charge is -2.16. The Bertz CT molecular complexity index is 2450. The van der Waals surface area contributed by atoms with Crippen LogP contribution in [0.5, 0.6) is 11.5 Å². The molecule has 0 aliphatic heterocycles. The Morgan fingerprint density at radius 2 is 1.48 bits per heavy atom. The van der Waals surface area contributed by atoms with E-state index in [0.717, 1.165) is 50.1 Å². The van der Waals surface area contributed by atoms with E-state index in [0.29, 0.717) is 11.7 Å². The molecule has 44 heavy (non-hydrogen) atoms. The van der Waals surface area contributed by atoms with Crippen molar-refractivity contribution in [2.75, 3.05) is 0 Å². The standard InChI is InChI=1S/C37H34N6O/c1-22(2)26-13-11-17-30-35(26)36-34(37-41(6)28-15-9-10-16-29(28)42(30)37)24(4)33(20-39-36)44-32-19-38-18-31(23(32)3)43-27-14-8-7-12-25(27)21-40(43)5/h7-22H,1-6H3/q+2. The molecule has 7 nitrogen and oxygen atoms in total. The molecule has 0 spiro atoms. The van der Waals surface area contributed by atoms with E-state index in [4.69, 9.17) is 9.72 Å². The van der Waals surface area contributed by atoms with Gasteiger partial charge in [0.1, 0.15) is 22.5 Å². The van der Waals surface area contributed by atoms with Crippen molar-refractivity contribution in [2.45, 2.75) is 33.6 Å². The average Bonchev–Trinajstić information content (AvgIpc) is 3.52. The minimum atomic E-state index is 0.343. The number of nitrogens with zero attached hydrogens (tertiary/aromatic N) is 6. The Kier molecular flexibility index (Phi) is 5.75. The zero-order valence-electron chi connectivity index (χ0n) is 25.8. The summed E-state index contributed by atoms with van der Waals surface area (Å²) in [6, 6.07) is 23.6. The van der Waals surface area contributed by atoms with Crippen molar-refractivity contribution >= 4 is 49.4 Å². The number of fused-ring (bicyclic) bond motifs is 9. The van der Waals surface area contributed by atoms with E-state index in [2.05, 4.69) is 131 Å². The number of para-hydroxylation sites is 3. The van der Waals surface area contributed by atoms with Crippen molar-refractivity contribution in [1.82, 2.24) is 19.1 Å². The van der Waals surface area contributed by atoms with Crippen molar-refractivity contribution in [3.05, 3.63) is 108 Å². The third kappa shape index (κ3) is 3.62. The van der Waals surface area contributed by atoms with Crippen LogP contribution < -0.4 is 14.0 Å². The molecule has 0 aliphatic carbocycles. The number of hydrogen-bond donors (Lipinski definition) is 0. The Hall–Kier alpha value is -5.30. The van der Waals surface area contributed by atoms with E-state index in [-0.39, 0.29) is 0 Å². The van der Waals surface area contributed by atoms with Gasteiger partial charge in [-0.1, -0.05) is 50.2 Å². The third-order valence-electron chi connectivity index (χ3n) is 9.10. The highest BCUT2D eigenvalue weighted by molar-refractivity contribution is 6.13. The van der Waals surface area contributed by atoms with Gasteiger partial charge in [0, 0.05) is 11.1 Å². The normalized spacial score (nSPS) is 12.1. The molecule has 7 heteroatoms. The van der Waals surface area contributed by atoms with Crippen LogP contribution in [0.1, 0.15) is 36.5 Å². The summed E-state index contributed by atoms with van der Waals surface area (Å²) in [4.78, 5) is 9.76. The lowest BCUT2D eigenvalue weighted by atomic mass is 9.95. The van der Waals surface area contributed by atoms with Gasteiger partial charge in [0.05, 0.1) is 47.3 Å². The fourth-order valence-corrected chi connectivity index (χ4v) is 6.92. The predicted octanol–water partition coefficient (Wildman–Crippen LogP) is 7.31. The number of aromatic nitrogens is 6. The highest BCUT2D eigenvalue weighted by atomic mass is 16.5. The van der Waals surface area contributed by atoms with Crippen LogP contribution in [-0.4, -0.2) is 19.1 Å². The summed E-state index contributed by atoms with van der Waals surface area (Å²) in [6.07, 6.45) is 7.70. The highest BCUT2D eigenvalue weighted by Gasteiger charge is 2.28. The van der Waals surface area contributed by atoms with Crippen LogP contribution in [0.15, 0.2) is 91.5 Å². The summed E-state index contributed by atoms with van der Waals surface area (Å²) >= 11 is 0. The number of aryl methyl sites for hydroxylation is 3. The van der Waals surface area contributed by atoms with E-state index in [1.165, 1.54) is 27.4 Å². The fourth-order valence-electron chi connectivity index (χ4n) is 6.92. The molecule has 0 saturated carbocycles. The molecule has 216 valence electrons. The summed E-state index contributed by atoms with van der Waals surface area (Å²) in [5.74, 6) is 1.76. The second-order valence-electron chi connectivity index (χ2n) is 12.0. The fraction of sp³-hybridized carbons (Fsp3) is 0.189. The maximum atomic E-state index is 6.73. The van der Waals surface area contributed by atoms with Gasteiger partial charge in [0.15, 0.2) is 23.8 Å². The smallest absolute Gasteiger partial charge is 0.297 e. The molecule has 0 aliphatic rings. The average molecular weight is 579 g/mol. The molecule has 5 heterocycles. The van der Waals surface area contributed by atoms with Crippen LogP contribution in [0.2, 0.25) is 0 Å². The van der Waals surface area contributed by atoms with Gasteiger partial charge in [-0.25, -0.2) is 4.57 Å². The summed E-state index contributed by atoms with van der Waals surface area (Å²) in [5, 5.41) is 3.44. The van der Waals surface area contributed by atoms with Gasteiger partial charge in [-0.15, -0.1) is 9.36 Å². The van der Waals surface area contributed by atoms with Crippen molar-refractivity contribution in [3.63, 3.8) is 0 Å². The summed E-state index contributed by atoms with van der Waals surface area (Å²) in [5.41, 5.74) is 11.0. The molecule has 0 fully saturated rings. The number of rotatable bonds is 4. The minimum Gasteiger partial charge on any atom is -0.453 e. The van der Waals surface area contributed by atoms with Crippen molar-refractivity contribution < 1.29 is 14.0 Å². The first kappa shape index (κ1) is 26.3. The SMILES string of the molecule is Cc1c(Oc2cnc3c4c(C(C)C)cccc4n4c5ccccc5[n+](C)c4c3c2C)cncc1-n1c2ccccc2c[n+]1C. The quantitative estimate of drug-likeness (QED) is 0.163. The van der Waals surface area contributed by atoms with Gasteiger partial charge in [0.2, 0.25) is 6.20 Å². The molecule has 0 N–H and O–H groups in total. The predicted molar refractivity (Wildman–Crippen MR) is 175 cm³/mol. The summed E-state index contributed by atoms with van der Waals surface area (Å²) in [7, 11) is 4.19. The molecule has 5 aromatic heterocycles. The maximum absolute atomic E-state index is 6.73. The minimum absolute atomic E-state index is 0.343. The van der Waals surface area contributed by atoms with Crippen molar-refractivity contribution in [2.24, 2.45) is 14.1 Å². The maximum Gasteiger partial charge on any atom is 0.297 e. The van der Waals surface area contributed by atoms with Gasteiger partial charge in [-0.3, -0.25) is 9.97 Å². The van der Waals surface area contributed by atoms with Crippen LogP contribution in [0.25, 0.3) is 55.1 Å². The summed E-state index contributed by atoms with van der Waals surface area (Å²) in [6.45, 7) is 8.73. The monoisotopic (exact) mass is 578 g/mol. The van der Waals surface area contributed by atoms with Crippen LogP contribution >= 0.6 is 0 Å². The van der Waals surface area contributed by atoms with Gasteiger partial charge in [-0.05, 0) is 55.7 Å². The molecule has 0 bridgehead atoms. The van der Waals surface area contributed by atoms with Gasteiger partial charge >= 0.3 is 0 Å². The first-order chi connectivity index (χ1) is 21.3. The molecule has 0 amide bonds. The van der Waals surface area contributed by atoms with Crippen LogP contribution in [-0.2, 0) is 14.1 Å². The molecule has 8 aromatic rings. The Labute approximate surface area is 255 Å². The number of benzene rings is 3. The molecule has 0 saturated heterocycles. The van der Waals surface area contributed by atoms with Crippen LogP contribution in [0.3, 0.4) is 0 Å². The van der Waals surface area contributed by atoms with E-state index < -0.39 is 0 Å². The lowest BCUT2D eigenvalue weighted by molar-refractivity contribution is -0.741. The molecular formula is C37H34N6O+2. The number of imidazole rings is 1. The molecule has 0 atom stereocenters. The molecule has 8 rings (SSSR count). The second-order valence-corrected chi connectivity index (χ2v) is 12.0. The van der Waals surface area contributed by atoms with E-state index in [1.54, 1.807) is 6.20 Å². The molecule has 0 unspecified atom stereocenters. The Balaban J connectivity index is 1.39. The van der Waals surface area contributed by atoms with Gasteiger partial charge in [0.25, 0.3) is 5.65 Å². The van der Waals surface area contributed by atoms with Gasteiger partial charge < -0.3 is 4.74 Å². The van der Waals surface area contributed by atoms with Crippen molar-refractivity contribution in [3.8, 4) is 17.2 Å². The molecular weight excluding hydrogens is 544 g/mol. The Morgan fingerprint density at radius 3 is 2.30 bits per heavy atom. The zero-order valence-corrected chi connectivity index (χ0v) is 25.8. The zero-order chi connectivity index (χ0) is 30.3. The van der Waals surface area contributed by atoms with Crippen molar-refractivity contribution in [1.29, 1.82) is 0 Å². The first-order valence-electron chi connectivity index (χ1n) is 15.1. The largest absolute Gasteiger partial charge is 0.453 e. The van der Waals surface area contributed by atoms with E-state index in [9.17, 15) is 0 Å². The second kappa shape index (κ2) is 9.61. The number of pyridine rings is 3. The Morgan fingerprint density at radius 1 is 0.750 bits per heavy atom. The molecule has 0 radical (unpaired) electrons.